The molecule has 0 unspecified atom stereocenters. The SMILES string of the molecule is COc1ccc(-c2nc(N3CCOCC3)nc3c(Br)csc23)cn1. The number of hydrogen-bond donors (Lipinski definition) is 0. The Kier molecular flexibility index (Phi) is 4.34. The first-order valence-corrected chi connectivity index (χ1v) is 9.21. The lowest BCUT2D eigenvalue weighted by Gasteiger charge is -2.27. The molecule has 8 heteroatoms. The molecule has 1 aliphatic heterocycles. The number of fused-ring (bicyclic) bond motifs is 1. The Balaban J connectivity index is 1.85. The maximum absolute atomic E-state index is 5.43. The van der Waals surface area contributed by atoms with Crippen LogP contribution in [0.4, 0.5) is 5.95 Å². The number of rotatable bonds is 3. The average molecular weight is 407 g/mol. The number of halogens is 1. The molecule has 4 rings (SSSR count). The van der Waals surface area contributed by atoms with Crippen molar-refractivity contribution < 1.29 is 9.47 Å². The molecule has 0 atom stereocenters. The monoisotopic (exact) mass is 406 g/mol. The first kappa shape index (κ1) is 15.7. The fraction of sp³-hybridized carbons (Fsp3) is 0.312. The average Bonchev–Trinajstić information content (AvgIpc) is 3.03. The first-order chi connectivity index (χ1) is 11.8. The number of nitrogens with zero attached hydrogens (tertiary/aromatic N) is 4. The predicted molar refractivity (Wildman–Crippen MR) is 97.9 cm³/mol. The van der Waals surface area contributed by atoms with Gasteiger partial charge in [-0.3, -0.25) is 0 Å². The lowest BCUT2D eigenvalue weighted by atomic mass is 10.2. The molecule has 1 saturated heterocycles. The van der Waals surface area contributed by atoms with E-state index in [0.717, 1.165) is 45.0 Å². The van der Waals surface area contributed by atoms with Crippen molar-refractivity contribution >= 4 is 43.4 Å². The van der Waals surface area contributed by atoms with Crippen LogP contribution in [0.1, 0.15) is 0 Å². The second-order valence-electron chi connectivity index (χ2n) is 5.32. The molecule has 0 saturated carbocycles. The Labute approximate surface area is 151 Å². The second-order valence-corrected chi connectivity index (χ2v) is 7.06. The molecule has 24 heavy (non-hydrogen) atoms. The largest absolute Gasteiger partial charge is 0.481 e. The van der Waals surface area contributed by atoms with E-state index in [-0.39, 0.29) is 0 Å². The van der Waals surface area contributed by atoms with Gasteiger partial charge in [-0.15, -0.1) is 11.3 Å². The molecule has 1 aliphatic rings. The highest BCUT2D eigenvalue weighted by Crippen LogP contribution is 2.36. The summed E-state index contributed by atoms with van der Waals surface area (Å²) in [7, 11) is 1.61. The molecular weight excluding hydrogens is 392 g/mol. The van der Waals surface area contributed by atoms with Crippen molar-refractivity contribution in [2.45, 2.75) is 0 Å². The van der Waals surface area contributed by atoms with Gasteiger partial charge in [0.2, 0.25) is 11.8 Å². The minimum absolute atomic E-state index is 0.588. The summed E-state index contributed by atoms with van der Waals surface area (Å²) in [6, 6.07) is 3.82. The predicted octanol–water partition coefficient (Wildman–Crippen LogP) is 3.36. The van der Waals surface area contributed by atoms with Gasteiger partial charge in [-0.05, 0) is 22.0 Å². The summed E-state index contributed by atoms with van der Waals surface area (Å²) in [4.78, 5) is 16.1. The maximum Gasteiger partial charge on any atom is 0.226 e. The van der Waals surface area contributed by atoms with Crippen molar-refractivity contribution in [2.24, 2.45) is 0 Å². The summed E-state index contributed by atoms with van der Waals surface area (Å²) < 4.78 is 12.6. The van der Waals surface area contributed by atoms with Crippen LogP contribution in [0.3, 0.4) is 0 Å². The third-order valence-corrected chi connectivity index (χ3v) is 5.76. The number of morpholine rings is 1. The van der Waals surface area contributed by atoms with Crippen molar-refractivity contribution in [3.63, 3.8) is 0 Å². The molecule has 4 heterocycles. The van der Waals surface area contributed by atoms with Crippen molar-refractivity contribution in [1.29, 1.82) is 0 Å². The van der Waals surface area contributed by atoms with Crippen molar-refractivity contribution in [3.05, 3.63) is 28.2 Å². The third-order valence-electron chi connectivity index (χ3n) is 3.87. The van der Waals surface area contributed by atoms with E-state index in [0.29, 0.717) is 19.1 Å². The van der Waals surface area contributed by atoms with Gasteiger partial charge in [-0.1, -0.05) is 0 Å². The molecule has 0 radical (unpaired) electrons. The van der Waals surface area contributed by atoms with E-state index < -0.39 is 0 Å². The summed E-state index contributed by atoms with van der Waals surface area (Å²) in [5, 5.41) is 2.04. The van der Waals surface area contributed by atoms with Gasteiger partial charge in [-0.25, -0.2) is 15.0 Å². The number of pyridine rings is 1. The van der Waals surface area contributed by atoms with Gasteiger partial charge in [0.25, 0.3) is 0 Å². The van der Waals surface area contributed by atoms with Crippen LogP contribution in [0.2, 0.25) is 0 Å². The highest BCUT2D eigenvalue weighted by atomic mass is 79.9. The normalized spacial score (nSPS) is 15.0. The van der Waals surface area contributed by atoms with Gasteiger partial charge in [-0.2, -0.15) is 0 Å². The molecule has 3 aromatic rings. The van der Waals surface area contributed by atoms with Gasteiger partial charge >= 0.3 is 0 Å². The molecule has 0 bridgehead atoms. The van der Waals surface area contributed by atoms with Crippen LogP contribution in [0.25, 0.3) is 21.5 Å². The Morgan fingerprint density at radius 3 is 2.79 bits per heavy atom. The van der Waals surface area contributed by atoms with Crippen LogP contribution in [-0.2, 0) is 4.74 Å². The van der Waals surface area contributed by atoms with E-state index in [9.17, 15) is 0 Å². The molecule has 0 spiro atoms. The number of hydrogen-bond acceptors (Lipinski definition) is 7. The summed E-state index contributed by atoms with van der Waals surface area (Å²) in [5.74, 6) is 1.32. The van der Waals surface area contributed by atoms with Crippen LogP contribution in [0, 0.1) is 0 Å². The molecule has 0 amide bonds. The fourth-order valence-corrected chi connectivity index (χ4v) is 4.19. The topological polar surface area (TPSA) is 60.4 Å². The van der Waals surface area contributed by atoms with Gasteiger partial charge in [0.05, 0.1) is 35.2 Å². The van der Waals surface area contributed by atoms with Crippen molar-refractivity contribution in [2.75, 3.05) is 38.3 Å². The zero-order valence-electron chi connectivity index (χ0n) is 13.0. The van der Waals surface area contributed by atoms with Gasteiger partial charge in [0, 0.05) is 36.3 Å². The van der Waals surface area contributed by atoms with Crippen LogP contribution < -0.4 is 9.64 Å². The van der Waals surface area contributed by atoms with Crippen molar-refractivity contribution in [1.82, 2.24) is 15.0 Å². The van der Waals surface area contributed by atoms with Gasteiger partial charge < -0.3 is 14.4 Å². The van der Waals surface area contributed by atoms with Crippen LogP contribution >= 0.6 is 27.3 Å². The van der Waals surface area contributed by atoms with Gasteiger partial charge in [0.15, 0.2) is 0 Å². The Morgan fingerprint density at radius 1 is 1.25 bits per heavy atom. The fourth-order valence-electron chi connectivity index (χ4n) is 2.62. The van der Waals surface area contributed by atoms with E-state index in [2.05, 4.69) is 25.8 Å². The maximum atomic E-state index is 5.43. The second kappa shape index (κ2) is 6.62. The number of anilines is 1. The van der Waals surface area contributed by atoms with Crippen LogP contribution in [0.15, 0.2) is 28.2 Å². The van der Waals surface area contributed by atoms with Gasteiger partial charge in [0.1, 0.15) is 5.52 Å². The van der Waals surface area contributed by atoms with Crippen molar-refractivity contribution in [3.8, 4) is 17.1 Å². The Morgan fingerprint density at radius 2 is 2.08 bits per heavy atom. The zero-order chi connectivity index (χ0) is 16.5. The smallest absolute Gasteiger partial charge is 0.226 e. The molecular formula is C16H15BrN4O2S. The third kappa shape index (κ3) is 2.85. The number of thiophene rings is 1. The van der Waals surface area contributed by atoms with E-state index >= 15 is 0 Å². The molecule has 0 aliphatic carbocycles. The van der Waals surface area contributed by atoms with E-state index in [1.165, 1.54) is 0 Å². The Hall–Kier alpha value is -1.77. The molecule has 0 aromatic carbocycles. The molecule has 3 aromatic heterocycles. The highest BCUT2D eigenvalue weighted by Gasteiger charge is 2.19. The van der Waals surface area contributed by atoms with E-state index in [1.54, 1.807) is 24.6 Å². The minimum Gasteiger partial charge on any atom is -0.481 e. The standard InChI is InChI=1S/C16H15BrN4O2S/c1-22-12-3-2-10(8-18-12)13-15-14(11(17)9-24-15)20-16(19-13)21-4-6-23-7-5-21/h2-3,8-9H,4-7H2,1H3. The quantitative estimate of drug-likeness (QED) is 0.664. The first-order valence-electron chi connectivity index (χ1n) is 7.54. The minimum atomic E-state index is 0.588. The zero-order valence-corrected chi connectivity index (χ0v) is 15.4. The van der Waals surface area contributed by atoms with E-state index in [1.807, 2.05) is 17.5 Å². The Bertz CT molecular complexity index is 862. The summed E-state index contributed by atoms with van der Waals surface area (Å²) in [5.41, 5.74) is 2.78. The van der Waals surface area contributed by atoms with Crippen LogP contribution in [-0.4, -0.2) is 48.4 Å². The molecule has 0 N–H and O–H groups in total. The lowest BCUT2D eigenvalue weighted by molar-refractivity contribution is 0.122. The number of methoxy groups -OCH3 is 1. The summed E-state index contributed by atoms with van der Waals surface area (Å²) in [6.07, 6.45) is 1.79. The molecule has 1 fully saturated rings. The lowest BCUT2D eigenvalue weighted by Crippen LogP contribution is -2.37. The number of ether oxygens (including phenoxy) is 2. The molecule has 6 nitrogen and oxygen atoms in total. The van der Waals surface area contributed by atoms with Crippen LogP contribution in [0.5, 0.6) is 5.88 Å². The molecule has 124 valence electrons. The summed E-state index contributed by atoms with van der Waals surface area (Å²) >= 11 is 5.22. The number of aromatic nitrogens is 3. The van der Waals surface area contributed by atoms with E-state index in [4.69, 9.17) is 19.4 Å². The summed E-state index contributed by atoms with van der Waals surface area (Å²) in [6.45, 7) is 3.00. The highest BCUT2D eigenvalue weighted by molar-refractivity contribution is 9.10.